The molecule has 6 nitrogen and oxygen atoms in total. The van der Waals surface area contributed by atoms with Gasteiger partial charge in [0.2, 0.25) is 0 Å². The molecule has 0 radical (unpaired) electrons. The van der Waals surface area contributed by atoms with Crippen LogP contribution in [-0.4, -0.2) is 48.5 Å². The summed E-state index contributed by atoms with van der Waals surface area (Å²) in [6.45, 7) is 3.85. The summed E-state index contributed by atoms with van der Waals surface area (Å²) in [4.78, 5) is 2.38. The van der Waals surface area contributed by atoms with Crippen molar-refractivity contribution in [1.82, 2.24) is 4.90 Å². The number of aliphatic hydroxyl groups excluding tert-OH is 1. The second-order valence-electron chi connectivity index (χ2n) is 8.47. The highest BCUT2D eigenvalue weighted by Crippen LogP contribution is 2.53. The molecule has 1 saturated heterocycles. The van der Waals surface area contributed by atoms with Gasteiger partial charge in [-0.1, -0.05) is 6.07 Å². The Morgan fingerprint density at radius 2 is 1.63 bits per heavy atom. The van der Waals surface area contributed by atoms with Crippen molar-refractivity contribution < 1.29 is 24.4 Å². The molecule has 5 rings (SSSR count). The molecule has 2 heterocycles. The predicted octanol–water partition coefficient (Wildman–Crippen LogP) is 4.13. The van der Waals surface area contributed by atoms with Crippen molar-refractivity contribution in [2.24, 2.45) is 0 Å². The summed E-state index contributed by atoms with van der Waals surface area (Å²) in [6.07, 6.45) is 1.35. The molecule has 0 amide bonds. The van der Waals surface area contributed by atoms with E-state index in [4.69, 9.17) is 14.2 Å². The number of ether oxygens (including phenoxy) is 3. The van der Waals surface area contributed by atoms with E-state index in [1.54, 1.807) is 20.3 Å². The molecule has 0 saturated carbocycles. The Kier molecular flexibility index (Phi) is 4.27. The third-order valence-corrected chi connectivity index (χ3v) is 7.14. The quantitative estimate of drug-likeness (QED) is 0.634. The second kappa shape index (κ2) is 6.65. The molecule has 2 N–H and O–H groups in total. The van der Waals surface area contributed by atoms with Gasteiger partial charge in [0, 0.05) is 17.5 Å². The van der Waals surface area contributed by atoms with E-state index in [1.165, 1.54) is 7.11 Å². The van der Waals surface area contributed by atoms with Crippen LogP contribution in [0.15, 0.2) is 24.3 Å². The number of benzene rings is 3. The molecule has 158 valence electrons. The molecule has 3 aromatic carbocycles. The maximum Gasteiger partial charge on any atom is 0.166 e. The van der Waals surface area contributed by atoms with Crippen molar-refractivity contribution in [2.75, 3.05) is 27.9 Å². The first-order valence-electron chi connectivity index (χ1n) is 10.3. The van der Waals surface area contributed by atoms with Crippen molar-refractivity contribution in [1.29, 1.82) is 0 Å². The Morgan fingerprint density at radius 1 is 0.967 bits per heavy atom. The lowest BCUT2D eigenvalue weighted by Gasteiger charge is -2.45. The van der Waals surface area contributed by atoms with Gasteiger partial charge < -0.3 is 24.4 Å². The number of hydrogen-bond donors (Lipinski definition) is 2. The average Bonchev–Trinajstić information content (AvgIpc) is 3.14. The van der Waals surface area contributed by atoms with Crippen LogP contribution in [0.4, 0.5) is 0 Å². The predicted molar refractivity (Wildman–Crippen MR) is 116 cm³/mol. The lowest BCUT2D eigenvalue weighted by atomic mass is 9.77. The minimum Gasteiger partial charge on any atom is -0.504 e. The lowest BCUT2D eigenvalue weighted by Crippen LogP contribution is -2.49. The van der Waals surface area contributed by atoms with Crippen LogP contribution in [0.1, 0.15) is 37.0 Å². The van der Waals surface area contributed by atoms with Gasteiger partial charge in [0.05, 0.1) is 27.4 Å². The van der Waals surface area contributed by atoms with Gasteiger partial charge in [-0.3, -0.25) is 4.90 Å². The van der Waals surface area contributed by atoms with Crippen molar-refractivity contribution in [3.63, 3.8) is 0 Å². The summed E-state index contributed by atoms with van der Waals surface area (Å²) in [6, 6.07) is 7.57. The Labute approximate surface area is 175 Å². The van der Waals surface area contributed by atoms with Crippen LogP contribution >= 0.6 is 0 Å². The van der Waals surface area contributed by atoms with Crippen LogP contribution in [0.3, 0.4) is 0 Å². The molecular weight excluding hydrogens is 382 g/mol. The van der Waals surface area contributed by atoms with Crippen molar-refractivity contribution >= 4 is 21.5 Å². The van der Waals surface area contributed by atoms with E-state index in [0.29, 0.717) is 22.6 Å². The number of nitrogens with zero attached hydrogens (tertiary/aromatic N) is 1. The van der Waals surface area contributed by atoms with Crippen LogP contribution < -0.4 is 14.2 Å². The van der Waals surface area contributed by atoms with Crippen molar-refractivity contribution in [3.05, 3.63) is 35.4 Å². The van der Waals surface area contributed by atoms with E-state index in [0.717, 1.165) is 53.2 Å². The number of aromatic hydroxyl groups is 1. The molecule has 0 aromatic heterocycles. The van der Waals surface area contributed by atoms with Gasteiger partial charge in [0.1, 0.15) is 0 Å². The monoisotopic (exact) mass is 409 g/mol. The van der Waals surface area contributed by atoms with E-state index in [1.807, 2.05) is 18.2 Å². The Morgan fingerprint density at radius 3 is 2.30 bits per heavy atom. The topological polar surface area (TPSA) is 71.4 Å². The number of phenolic OH excluding ortho intramolecular Hbond substituents is 1. The molecule has 30 heavy (non-hydrogen) atoms. The van der Waals surface area contributed by atoms with Gasteiger partial charge in [-0.2, -0.15) is 0 Å². The third kappa shape index (κ3) is 2.38. The van der Waals surface area contributed by atoms with Crippen LogP contribution in [0.25, 0.3) is 21.5 Å². The SMILES string of the molecule is COc1cc2c3c(c4ccc(OC)c(O)c4c2cc1OC)C(O)C1(C)CCCN1C3. The Bertz CT molecular complexity index is 1170. The molecule has 2 aliphatic heterocycles. The molecule has 3 aromatic rings. The molecular formula is C24H27NO5. The smallest absolute Gasteiger partial charge is 0.166 e. The minimum atomic E-state index is -0.656. The minimum absolute atomic E-state index is 0.0706. The van der Waals surface area contributed by atoms with Gasteiger partial charge in [0.25, 0.3) is 0 Å². The van der Waals surface area contributed by atoms with Crippen LogP contribution in [-0.2, 0) is 6.54 Å². The largest absolute Gasteiger partial charge is 0.504 e. The summed E-state index contributed by atoms with van der Waals surface area (Å²) in [7, 11) is 4.76. The van der Waals surface area contributed by atoms with E-state index in [9.17, 15) is 10.2 Å². The molecule has 0 bridgehead atoms. The van der Waals surface area contributed by atoms with Crippen LogP contribution in [0.5, 0.6) is 23.0 Å². The Hall–Kier alpha value is -2.70. The molecule has 6 heteroatoms. The van der Waals surface area contributed by atoms with E-state index in [-0.39, 0.29) is 11.3 Å². The maximum absolute atomic E-state index is 11.6. The number of hydrogen-bond acceptors (Lipinski definition) is 6. The standard InChI is InChI=1S/C24H27NO5/c1-24-8-5-9-25(24)12-16-14-10-18(29-3)19(30-4)11-15(14)20-13(21(16)23(24)27)6-7-17(28-2)22(20)26/h6-7,10-11,23,26-27H,5,8-9,12H2,1-4H3. The number of phenols is 1. The number of rotatable bonds is 3. The van der Waals surface area contributed by atoms with Crippen LogP contribution in [0.2, 0.25) is 0 Å². The molecule has 2 atom stereocenters. The maximum atomic E-state index is 11.6. The summed E-state index contributed by atoms with van der Waals surface area (Å²) in [5, 5.41) is 26.0. The van der Waals surface area contributed by atoms with E-state index < -0.39 is 6.10 Å². The fourth-order valence-corrected chi connectivity index (χ4v) is 5.47. The second-order valence-corrected chi connectivity index (χ2v) is 8.47. The van der Waals surface area contributed by atoms with Crippen LogP contribution in [0, 0.1) is 0 Å². The fraction of sp³-hybridized carbons (Fsp3) is 0.417. The van der Waals surface area contributed by atoms with Gasteiger partial charge in [-0.05, 0) is 71.8 Å². The van der Waals surface area contributed by atoms with Crippen molar-refractivity contribution in [3.8, 4) is 23.0 Å². The van der Waals surface area contributed by atoms with E-state index in [2.05, 4.69) is 11.8 Å². The number of methoxy groups -OCH3 is 3. The molecule has 1 fully saturated rings. The first kappa shape index (κ1) is 19.3. The van der Waals surface area contributed by atoms with Gasteiger partial charge in [0.15, 0.2) is 23.0 Å². The molecule has 2 aliphatic rings. The first-order chi connectivity index (χ1) is 14.4. The highest BCUT2D eigenvalue weighted by molar-refractivity contribution is 6.15. The first-order valence-corrected chi connectivity index (χ1v) is 10.3. The zero-order valence-electron chi connectivity index (χ0n) is 17.8. The third-order valence-electron chi connectivity index (χ3n) is 7.14. The highest BCUT2D eigenvalue weighted by Gasteiger charge is 2.48. The van der Waals surface area contributed by atoms with Crippen molar-refractivity contribution in [2.45, 2.75) is 38.0 Å². The summed E-state index contributed by atoms with van der Waals surface area (Å²) < 4.78 is 16.5. The van der Waals surface area contributed by atoms with E-state index >= 15 is 0 Å². The lowest BCUT2D eigenvalue weighted by molar-refractivity contribution is -0.0142. The van der Waals surface area contributed by atoms with Gasteiger partial charge in [-0.25, -0.2) is 0 Å². The molecule has 2 unspecified atom stereocenters. The average molecular weight is 409 g/mol. The molecule has 0 aliphatic carbocycles. The van der Waals surface area contributed by atoms with Gasteiger partial charge >= 0.3 is 0 Å². The normalized spacial score (nSPS) is 23.4. The van der Waals surface area contributed by atoms with Gasteiger partial charge in [-0.15, -0.1) is 0 Å². The Balaban J connectivity index is 1.97. The number of aliphatic hydroxyl groups is 1. The summed E-state index contributed by atoms with van der Waals surface area (Å²) in [5.41, 5.74) is 1.66. The zero-order valence-corrected chi connectivity index (χ0v) is 17.8. The summed E-state index contributed by atoms with van der Waals surface area (Å²) >= 11 is 0. The number of fused-ring (bicyclic) bond motifs is 7. The molecule has 0 spiro atoms. The highest BCUT2D eigenvalue weighted by atomic mass is 16.5. The fourth-order valence-electron chi connectivity index (χ4n) is 5.47. The summed E-state index contributed by atoms with van der Waals surface area (Å²) in [5.74, 6) is 1.69. The zero-order chi connectivity index (χ0) is 21.2.